The van der Waals surface area contributed by atoms with Gasteiger partial charge in [0.1, 0.15) is 12.4 Å². The lowest BCUT2D eigenvalue weighted by Crippen LogP contribution is -2.03. The SMILES string of the molecule is O=C1Nc2ccccc2/C1=C/c1ccc(OCc2ccc3ccccc3c2)c(Br)c1. The summed E-state index contributed by atoms with van der Waals surface area (Å²) in [4.78, 5) is 12.3. The average molecular weight is 456 g/mol. The third-order valence-electron chi connectivity index (χ3n) is 5.19. The molecule has 0 spiro atoms. The smallest absolute Gasteiger partial charge is 0.256 e. The highest BCUT2D eigenvalue weighted by molar-refractivity contribution is 9.10. The zero-order valence-electron chi connectivity index (χ0n) is 16.1. The van der Waals surface area contributed by atoms with E-state index in [1.165, 1.54) is 10.8 Å². The molecule has 0 saturated carbocycles. The predicted molar refractivity (Wildman–Crippen MR) is 125 cm³/mol. The molecule has 1 amide bonds. The Morgan fingerprint density at radius 2 is 1.67 bits per heavy atom. The second kappa shape index (κ2) is 7.81. The molecule has 1 N–H and O–H groups in total. The van der Waals surface area contributed by atoms with Crippen molar-refractivity contribution < 1.29 is 9.53 Å². The number of hydrogen-bond donors (Lipinski definition) is 1. The van der Waals surface area contributed by atoms with E-state index in [2.05, 4.69) is 51.6 Å². The summed E-state index contributed by atoms with van der Waals surface area (Å²) in [5, 5.41) is 5.32. The van der Waals surface area contributed by atoms with Gasteiger partial charge in [0.25, 0.3) is 5.91 Å². The molecule has 0 aliphatic carbocycles. The maximum atomic E-state index is 12.3. The largest absolute Gasteiger partial charge is 0.488 e. The molecule has 1 aliphatic rings. The standard InChI is InChI=1S/C26H18BrNO2/c27-23-15-17(14-22-21-7-3-4-8-24(21)28-26(22)29)10-12-25(23)30-16-18-9-11-19-5-1-2-6-20(19)13-18/h1-15H,16H2,(H,28,29)/b22-14-. The number of benzene rings is 4. The third-order valence-corrected chi connectivity index (χ3v) is 5.80. The summed E-state index contributed by atoms with van der Waals surface area (Å²) in [6, 6.07) is 28.2. The van der Waals surface area contributed by atoms with E-state index in [0.717, 1.165) is 32.6 Å². The molecule has 0 saturated heterocycles. The minimum absolute atomic E-state index is 0.0797. The van der Waals surface area contributed by atoms with Crippen molar-refractivity contribution in [1.29, 1.82) is 0 Å². The van der Waals surface area contributed by atoms with E-state index in [4.69, 9.17) is 4.74 Å². The number of carbonyl (C=O) groups is 1. The molecule has 3 nitrogen and oxygen atoms in total. The minimum atomic E-state index is -0.0797. The monoisotopic (exact) mass is 455 g/mol. The number of rotatable bonds is 4. The molecule has 1 heterocycles. The molecule has 4 aromatic carbocycles. The van der Waals surface area contributed by atoms with Crippen LogP contribution in [-0.2, 0) is 11.4 Å². The summed E-state index contributed by atoms with van der Waals surface area (Å²) in [5.41, 5.74) is 4.49. The van der Waals surface area contributed by atoms with E-state index in [-0.39, 0.29) is 5.91 Å². The number of amides is 1. The Balaban J connectivity index is 1.35. The maximum Gasteiger partial charge on any atom is 0.256 e. The van der Waals surface area contributed by atoms with E-state index in [1.54, 1.807) is 0 Å². The molecule has 0 atom stereocenters. The Morgan fingerprint density at radius 3 is 2.53 bits per heavy atom. The summed E-state index contributed by atoms with van der Waals surface area (Å²) < 4.78 is 6.88. The molecule has 0 unspecified atom stereocenters. The van der Waals surface area contributed by atoms with E-state index >= 15 is 0 Å². The molecule has 0 radical (unpaired) electrons. The number of ether oxygens (including phenoxy) is 1. The zero-order valence-corrected chi connectivity index (χ0v) is 17.6. The number of fused-ring (bicyclic) bond motifs is 2. The number of nitrogens with one attached hydrogen (secondary N) is 1. The second-order valence-electron chi connectivity index (χ2n) is 7.22. The topological polar surface area (TPSA) is 38.3 Å². The van der Waals surface area contributed by atoms with Crippen LogP contribution in [0, 0.1) is 0 Å². The van der Waals surface area contributed by atoms with Gasteiger partial charge in [-0.2, -0.15) is 0 Å². The third kappa shape index (κ3) is 3.62. The molecule has 1 aliphatic heterocycles. The minimum Gasteiger partial charge on any atom is -0.488 e. The molecule has 0 bridgehead atoms. The second-order valence-corrected chi connectivity index (χ2v) is 8.07. The van der Waals surface area contributed by atoms with Gasteiger partial charge in [-0.15, -0.1) is 0 Å². The van der Waals surface area contributed by atoms with Crippen LogP contribution in [0.25, 0.3) is 22.4 Å². The van der Waals surface area contributed by atoms with E-state index in [0.29, 0.717) is 12.2 Å². The quantitative estimate of drug-likeness (QED) is 0.348. The Kier molecular flexibility index (Phi) is 4.85. The lowest BCUT2D eigenvalue weighted by Gasteiger charge is -2.10. The summed E-state index contributed by atoms with van der Waals surface area (Å²) in [6.45, 7) is 0.486. The van der Waals surface area contributed by atoms with Crippen LogP contribution in [0.1, 0.15) is 16.7 Å². The lowest BCUT2D eigenvalue weighted by atomic mass is 10.0. The van der Waals surface area contributed by atoms with E-state index in [1.807, 2.05) is 60.7 Å². The number of carbonyl (C=O) groups excluding carboxylic acids is 1. The molecular weight excluding hydrogens is 438 g/mol. The van der Waals surface area contributed by atoms with Gasteiger partial charge in [-0.3, -0.25) is 4.79 Å². The number of halogens is 1. The van der Waals surface area contributed by atoms with Gasteiger partial charge in [0.2, 0.25) is 0 Å². The highest BCUT2D eigenvalue weighted by atomic mass is 79.9. The average Bonchev–Trinajstić information content (AvgIpc) is 3.08. The van der Waals surface area contributed by atoms with Crippen molar-refractivity contribution in [2.45, 2.75) is 6.61 Å². The van der Waals surface area contributed by atoms with Crippen LogP contribution in [0.5, 0.6) is 5.75 Å². The Bertz CT molecular complexity index is 1310. The number of hydrogen-bond acceptors (Lipinski definition) is 2. The van der Waals surface area contributed by atoms with Crippen LogP contribution in [0.2, 0.25) is 0 Å². The van der Waals surface area contributed by atoms with Crippen molar-refractivity contribution in [2.75, 3.05) is 5.32 Å². The van der Waals surface area contributed by atoms with Gasteiger partial charge in [-0.1, -0.05) is 60.7 Å². The fourth-order valence-corrected chi connectivity index (χ4v) is 4.17. The molecular formula is C26H18BrNO2. The van der Waals surface area contributed by atoms with Crippen LogP contribution >= 0.6 is 15.9 Å². The van der Waals surface area contributed by atoms with Crippen LogP contribution < -0.4 is 10.1 Å². The van der Waals surface area contributed by atoms with Gasteiger partial charge in [0.05, 0.1) is 4.47 Å². The lowest BCUT2D eigenvalue weighted by molar-refractivity contribution is -0.110. The molecule has 5 rings (SSSR count). The van der Waals surface area contributed by atoms with Gasteiger partial charge in [0, 0.05) is 16.8 Å². The van der Waals surface area contributed by atoms with Crippen molar-refractivity contribution in [3.8, 4) is 5.75 Å². The van der Waals surface area contributed by atoms with Crippen LogP contribution in [0.4, 0.5) is 5.69 Å². The van der Waals surface area contributed by atoms with Crippen molar-refractivity contribution in [1.82, 2.24) is 0 Å². The van der Waals surface area contributed by atoms with E-state index < -0.39 is 0 Å². The van der Waals surface area contributed by atoms with Crippen LogP contribution in [-0.4, -0.2) is 5.91 Å². The fourth-order valence-electron chi connectivity index (χ4n) is 3.66. The number of anilines is 1. The summed E-state index contributed by atoms with van der Waals surface area (Å²) >= 11 is 3.60. The van der Waals surface area contributed by atoms with Gasteiger partial charge in [0.15, 0.2) is 0 Å². The fraction of sp³-hybridized carbons (Fsp3) is 0.0385. The normalized spacial score (nSPS) is 14.0. The molecule has 4 aromatic rings. The molecule has 0 fully saturated rings. The van der Waals surface area contributed by atoms with Crippen LogP contribution in [0.3, 0.4) is 0 Å². The van der Waals surface area contributed by atoms with Crippen molar-refractivity contribution in [2.24, 2.45) is 0 Å². The first-order chi connectivity index (χ1) is 14.7. The highest BCUT2D eigenvalue weighted by Crippen LogP contribution is 2.34. The van der Waals surface area contributed by atoms with Gasteiger partial charge < -0.3 is 10.1 Å². The molecule has 146 valence electrons. The van der Waals surface area contributed by atoms with E-state index in [9.17, 15) is 4.79 Å². The van der Waals surface area contributed by atoms with Crippen molar-refractivity contribution in [3.63, 3.8) is 0 Å². The van der Waals surface area contributed by atoms with Crippen molar-refractivity contribution >= 4 is 49.9 Å². The first kappa shape index (κ1) is 18.6. The summed E-state index contributed by atoms with van der Waals surface area (Å²) in [7, 11) is 0. The first-order valence-electron chi connectivity index (χ1n) is 9.70. The molecule has 30 heavy (non-hydrogen) atoms. The van der Waals surface area contributed by atoms with Gasteiger partial charge in [-0.05, 0) is 68.2 Å². The Labute approximate surface area is 183 Å². The Hall–Kier alpha value is -3.37. The maximum absolute atomic E-state index is 12.3. The summed E-state index contributed by atoms with van der Waals surface area (Å²) in [5.74, 6) is 0.686. The highest BCUT2D eigenvalue weighted by Gasteiger charge is 2.23. The predicted octanol–water partition coefficient (Wildman–Crippen LogP) is 6.67. The van der Waals surface area contributed by atoms with Crippen LogP contribution in [0.15, 0.2) is 89.4 Å². The first-order valence-corrected chi connectivity index (χ1v) is 10.5. The summed E-state index contributed by atoms with van der Waals surface area (Å²) in [6.07, 6.45) is 1.90. The molecule has 0 aromatic heterocycles. The van der Waals surface area contributed by atoms with Crippen molar-refractivity contribution in [3.05, 3.63) is 106 Å². The number of para-hydroxylation sites is 1. The zero-order chi connectivity index (χ0) is 20.5. The molecule has 4 heteroatoms. The van der Waals surface area contributed by atoms with Gasteiger partial charge in [-0.25, -0.2) is 0 Å². The van der Waals surface area contributed by atoms with Gasteiger partial charge >= 0.3 is 0 Å². The Morgan fingerprint density at radius 1 is 0.867 bits per heavy atom.